The van der Waals surface area contributed by atoms with Crippen LogP contribution < -0.4 is 5.32 Å². The molecule has 1 heterocycles. The van der Waals surface area contributed by atoms with Crippen molar-refractivity contribution in [3.63, 3.8) is 0 Å². The van der Waals surface area contributed by atoms with E-state index in [2.05, 4.69) is 4.98 Å². The molecular weight excluding hydrogens is 328 g/mol. The molecule has 0 fully saturated rings. The van der Waals surface area contributed by atoms with Crippen molar-refractivity contribution in [2.75, 3.05) is 6.54 Å². The highest BCUT2D eigenvalue weighted by Gasteiger charge is 2.38. The van der Waals surface area contributed by atoms with Gasteiger partial charge in [0.15, 0.2) is 11.5 Å². The maximum atomic E-state index is 13.6. The van der Waals surface area contributed by atoms with Gasteiger partial charge in [-0.15, -0.1) is 0 Å². The number of aryl methyl sites for hydroxylation is 1. The van der Waals surface area contributed by atoms with Crippen LogP contribution in [0, 0.1) is 0 Å². The quantitative estimate of drug-likeness (QED) is 0.801. The number of hydrogen-bond donors (Lipinski definition) is 1. The van der Waals surface area contributed by atoms with Gasteiger partial charge in [-0.1, -0.05) is 19.4 Å². The van der Waals surface area contributed by atoms with E-state index in [0.29, 0.717) is 29.0 Å². The molecule has 0 radical (unpaired) electrons. The van der Waals surface area contributed by atoms with Gasteiger partial charge in [0.05, 0.1) is 6.54 Å². The van der Waals surface area contributed by atoms with Gasteiger partial charge in [0.25, 0.3) is 0 Å². The lowest BCUT2D eigenvalue weighted by atomic mass is 10.2. The first kappa shape index (κ1) is 18.0. The molecule has 0 saturated carbocycles. The molecular formula is C16H16F4N2O2. The topological polar surface area (TPSA) is 55.1 Å². The number of amides is 1. The zero-order chi connectivity index (χ0) is 17.7. The highest BCUT2D eigenvalue weighted by Crippen LogP contribution is 2.20. The minimum atomic E-state index is -5.03. The molecule has 1 aromatic heterocycles. The van der Waals surface area contributed by atoms with Crippen molar-refractivity contribution >= 4 is 23.1 Å². The van der Waals surface area contributed by atoms with Crippen molar-refractivity contribution in [3.05, 3.63) is 35.5 Å². The fourth-order valence-corrected chi connectivity index (χ4v) is 2.01. The molecule has 2 aromatic rings. The molecule has 0 spiro atoms. The Labute approximate surface area is 135 Å². The van der Waals surface area contributed by atoms with E-state index in [9.17, 15) is 22.4 Å². The monoisotopic (exact) mass is 344 g/mol. The van der Waals surface area contributed by atoms with Crippen LogP contribution in [0.3, 0.4) is 0 Å². The van der Waals surface area contributed by atoms with E-state index in [1.807, 2.05) is 6.92 Å². The second-order valence-electron chi connectivity index (χ2n) is 5.21. The van der Waals surface area contributed by atoms with E-state index in [1.54, 1.807) is 18.2 Å². The molecule has 0 aliphatic rings. The summed E-state index contributed by atoms with van der Waals surface area (Å²) in [5.74, 6) is -2.50. The van der Waals surface area contributed by atoms with Crippen molar-refractivity contribution in [1.82, 2.24) is 10.3 Å². The molecule has 0 atom stereocenters. The molecule has 0 aliphatic heterocycles. The molecule has 0 aliphatic carbocycles. The molecule has 4 nitrogen and oxygen atoms in total. The number of halogens is 4. The Balaban J connectivity index is 2.06. The minimum absolute atomic E-state index is 0.402. The summed E-state index contributed by atoms with van der Waals surface area (Å²) in [7, 11) is 0. The Hall–Kier alpha value is -2.38. The maximum Gasteiger partial charge on any atom is 0.471 e. The van der Waals surface area contributed by atoms with Crippen molar-refractivity contribution in [3.8, 4) is 0 Å². The van der Waals surface area contributed by atoms with Crippen LogP contribution in [0.5, 0.6) is 0 Å². The van der Waals surface area contributed by atoms with Crippen LogP contribution in [-0.4, -0.2) is 23.6 Å². The van der Waals surface area contributed by atoms with E-state index >= 15 is 0 Å². The predicted molar refractivity (Wildman–Crippen MR) is 80.8 cm³/mol. The Bertz CT molecular complexity index is 750. The van der Waals surface area contributed by atoms with Gasteiger partial charge in [0.2, 0.25) is 0 Å². The molecule has 0 unspecified atom stereocenters. The molecule has 1 amide bonds. The standard InChI is InChI=1S/C16H16F4N2O2/c1-2-3-4-14-22-12-6-5-10(8-13(12)24-14)7-11(17)9-21-15(23)16(18,19)20/h5-8H,2-4,9H2,1H3,(H,21,23)/b11-7+. The van der Waals surface area contributed by atoms with Crippen molar-refractivity contribution in [2.45, 2.75) is 32.4 Å². The fraction of sp³-hybridized carbons (Fsp3) is 0.375. The smallest absolute Gasteiger partial charge is 0.441 e. The molecule has 0 saturated heterocycles. The van der Waals surface area contributed by atoms with Crippen LogP contribution in [0.4, 0.5) is 17.6 Å². The first-order chi connectivity index (χ1) is 11.3. The summed E-state index contributed by atoms with van der Waals surface area (Å²) in [6.45, 7) is 1.21. The molecule has 130 valence electrons. The lowest BCUT2D eigenvalue weighted by molar-refractivity contribution is -0.173. The highest BCUT2D eigenvalue weighted by atomic mass is 19.4. The Morgan fingerprint density at radius 3 is 2.79 bits per heavy atom. The number of benzene rings is 1. The van der Waals surface area contributed by atoms with Crippen LogP contribution in [0.2, 0.25) is 0 Å². The second-order valence-corrected chi connectivity index (χ2v) is 5.21. The predicted octanol–water partition coefficient (Wildman–Crippen LogP) is 4.16. The molecule has 0 bridgehead atoms. The maximum absolute atomic E-state index is 13.6. The van der Waals surface area contributed by atoms with Crippen LogP contribution in [0.25, 0.3) is 17.2 Å². The number of aromatic nitrogens is 1. The summed E-state index contributed by atoms with van der Waals surface area (Å²) in [4.78, 5) is 14.9. The number of unbranched alkanes of at least 4 members (excludes halogenated alkanes) is 1. The number of nitrogens with zero attached hydrogens (tertiary/aromatic N) is 1. The zero-order valence-corrected chi connectivity index (χ0v) is 12.9. The van der Waals surface area contributed by atoms with Crippen LogP contribution in [0.15, 0.2) is 28.4 Å². The Kier molecular flexibility index (Phi) is 5.58. The number of oxazole rings is 1. The average molecular weight is 344 g/mol. The van der Waals surface area contributed by atoms with Crippen molar-refractivity contribution in [2.24, 2.45) is 0 Å². The lowest BCUT2D eigenvalue weighted by Gasteiger charge is -2.06. The van der Waals surface area contributed by atoms with E-state index in [1.165, 1.54) is 5.32 Å². The number of fused-ring (bicyclic) bond motifs is 1. The van der Waals surface area contributed by atoms with Gasteiger partial charge < -0.3 is 9.73 Å². The van der Waals surface area contributed by atoms with Gasteiger partial charge in [0, 0.05) is 6.42 Å². The zero-order valence-electron chi connectivity index (χ0n) is 12.9. The van der Waals surface area contributed by atoms with E-state index in [0.717, 1.165) is 18.9 Å². The fourth-order valence-electron chi connectivity index (χ4n) is 2.01. The normalized spacial score (nSPS) is 12.6. The number of rotatable bonds is 6. The molecule has 2 rings (SSSR count). The van der Waals surface area contributed by atoms with Gasteiger partial charge in [-0.3, -0.25) is 4.79 Å². The summed E-state index contributed by atoms with van der Waals surface area (Å²) in [6.07, 6.45) is -1.36. The van der Waals surface area contributed by atoms with Crippen molar-refractivity contribution in [1.29, 1.82) is 0 Å². The number of nitrogens with one attached hydrogen (secondary N) is 1. The third kappa shape index (κ3) is 4.81. The SMILES string of the molecule is CCCCc1nc2ccc(/C=C(/F)CNC(=O)C(F)(F)F)cc2o1. The molecule has 1 aromatic carbocycles. The Morgan fingerprint density at radius 2 is 2.12 bits per heavy atom. The second kappa shape index (κ2) is 7.46. The summed E-state index contributed by atoms with van der Waals surface area (Å²) >= 11 is 0. The van der Waals surface area contributed by atoms with Gasteiger partial charge in [0.1, 0.15) is 11.3 Å². The summed E-state index contributed by atoms with van der Waals surface area (Å²) in [5.41, 5.74) is 1.51. The summed E-state index contributed by atoms with van der Waals surface area (Å²) in [5, 5.41) is 1.46. The van der Waals surface area contributed by atoms with Crippen LogP contribution in [0.1, 0.15) is 31.2 Å². The third-order valence-corrected chi connectivity index (χ3v) is 3.20. The van der Waals surface area contributed by atoms with E-state index in [-0.39, 0.29) is 0 Å². The number of carbonyl (C=O) groups is 1. The van der Waals surface area contributed by atoms with E-state index in [4.69, 9.17) is 4.42 Å². The largest absolute Gasteiger partial charge is 0.471 e. The number of alkyl halides is 3. The number of carbonyl (C=O) groups excluding carboxylic acids is 1. The van der Waals surface area contributed by atoms with Crippen LogP contribution >= 0.6 is 0 Å². The first-order valence-electron chi connectivity index (χ1n) is 7.40. The third-order valence-electron chi connectivity index (χ3n) is 3.20. The van der Waals surface area contributed by atoms with Crippen LogP contribution in [-0.2, 0) is 11.2 Å². The Morgan fingerprint density at radius 1 is 1.38 bits per heavy atom. The van der Waals surface area contributed by atoms with Crippen molar-refractivity contribution < 1.29 is 26.8 Å². The van der Waals surface area contributed by atoms with Gasteiger partial charge in [-0.2, -0.15) is 13.2 Å². The summed E-state index contributed by atoms with van der Waals surface area (Å²) < 4.78 is 55.3. The summed E-state index contributed by atoms with van der Waals surface area (Å²) in [6, 6.07) is 4.75. The first-order valence-corrected chi connectivity index (χ1v) is 7.40. The molecule has 1 N–H and O–H groups in total. The van der Waals surface area contributed by atoms with Gasteiger partial charge in [-0.25, -0.2) is 9.37 Å². The average Bonchev–Trinajstić information content (AvgIpc) is 2.91. The molecule has 8 heteroatoms. The highest BCUT2D eigenvalue weighted by molar-refractivity contribution is 5.82. The molecule has 24 heavy (non-hydrogen) atoms. The lowest BCUT2D eigenvalue weighted by Crippen LogP contribution is -2.37. The minimum Gasteiger partial charge on any atom is -0.441 e. The van der Waals surface area contributed by atoms with Gasteiger partial charge in [-0.05, 0) is 30.2 Å². The van der Waals surface area contributed by atoms with E-state index < -0.39 is 24.5 Å². The van der Waals surface area contributed by atoms with Gasteiger partial charge >= 0.3 is 12.1 Å². The number of hydrogen-bond acceptors (Lipinski definition) is 3.